The summed E-state index contributed by atoms with van der Waals surface area (Å²) in [6.07, 6.45) is 2.07. The van der Waals surface area contributed by atoms with Gasteiger partial charge in [-0.15, -0.1) is 0 Å². The van der Waals surface area contributed by atoms with Crippen molar-refractivity contribution in [1.82, 2.24) is 4.90 Å². The molecule has 2 aromatic carbocycles. The van der Waals surface area contributed by atoms with E-state index in [-0.39, 0.29) is 6.61 Å². The minimum absolute atomic E-state index is 0.0821. The zero-order valence-corrected chi connectivity index (χ0v) is 14.1. The molecule has 2 aliphatic heterocycles. The van der Waals surface area contributed by atoms with E-state index in [1.807, 2.05) is 36.4 Å². The van der Waals surface area contributed by atoms with Gasteiger partial charge in [-0.3, -0.25) is 0 Å². The number of aliphatic hydroxyl groups excluding tert-OH is 1. The van der Waals surface area contributed by atoms with Gasteiger partial charge in [-0.1, -0.05) is 24.3 Å². The molecule has 0 bridgehead atoms. The van der Waals surface area contributed by atoms with E-state index < -0.39 is 0 Å². The number of fused-ring (bicyclic) bond motifs is 1. The molecule has 1 N–H and O–H groups in total. The van der Waals surface area contributed by atoms with Crippen LogP contribution in [0.3, 0.4) is 0 Å². The Kier molecular flexibility index (Phi) is 4.48. The predicted molar refractivity (Wildman–Crippen MR) is 96.8 cm³/mol. The minimum Gasteiger partial charge on any atom is -0.482 e. The second-order valence-corrected chi connectivity index (χ2v) is 6.28. The van der Waals surface area contributed by atoms with Crippen molar-refractivity contribution >= 4 is 5.69 Å². The van der Waals surface area contributed by atoms with Gasteiger partial charge >= 0.3 is 0 Å². The Labute approximate surface area is 147 Å². The summed E-state index contributed by atoms with van der Waals surface area (Å²) >= 11 is 0. The molecule has 0 radical (unpaired) electrons. The molecule has 2 aromatic rings. The Morgan fingerprint density at radius 3 is 2.56 bits per heavy atom. The summed E-state index contributed by atoms with van der Waals surface area (Å²) in [6, 6.07) is 15.8. The quantitative estimate of drug-likeness (QED) is 0.932. The molecule has 0 saturated carbocycles. The van der Waals surface area contributed by atoms with Crippen LogP contribution in [0.4, 0.5) is 5.69 Å². The fourth-order valence-electron chi connectivity index (χ4n) is 3.20. The van der Waals surface area contributed by atoms with Crippen LogP contribution in [0, 0.1) is 0 Å². The van der Waals surface area contributed by atoms with Crippen LogP contribution < -0.4 is 14.4 Å². The largest absolute Gasteiger partial charge is 0.482 e. The van der Waals surface area contributed by atoms with Crippen LogP contribution in [0.25, 0.3) is 0 Å². The number of hydrogen-bond acceptors (Lipinski definition) is 5. The summed E-state index contributed by atoms with van der Waals surface area (Å²) in [5, 5.41) is 9.29. The summed E-state index contributed by atoms with van der Waals surface area (Å²) in [5.74, 6) is 2.42. The third-order valence-electron chi connectivity index (χ3n) is 4.56. The van der Waals surface area contributed by atoms with Crippen molar-refractivity contribution in [2.24, 2.45) is 0 Å². The molecule has 5 nitrogen and oxygen atoms in total. The number of para-hydroxylation sites is 2. The number of anilines is 1. The van der Waals surface area contributed by atoms with E-state index in [1.165, 1.54) is 5.69 Å². The van der Waals surface area contributed by atoms with Crippen LogP contribution in [0.2, 0.25) is 0 Å². The number of piperazine rings is 1. The summed E-state index contributed by atoms with van der Waals surface area (Å²) < 4.78 is 11.7. The van der Waals surface area contributed by atoms with Crippen LogP contribution in [-0.4, -0.2) is 42.8 Å². The Bertz CT molecular complexity index is 767. The molecule has 1 fully saturated rings. The topological polar surface area (TPSA) is 45.2 Å². The van der Waals surface area contributed by atoms with Crippen LogP contribution in [-0.2, 0) is 6.61 Å². The third-order valence-corrected chi connectivity index (χ3v) is 4.56. The number of hydrogen-bond donors (Lipinski definition) is 1. The zero-order valence-electron chi connectivity index (χ0n) is 14.1. The van der Waals surface area contributed by atoms with Crippen molar-refractivity contribution in [3.05, 3.63) is 66.1 Å². The number of nitrogens with zero attached hydrogens (tertiary/aromatic N) is 2. The lowest BCUT2D eigenvalue weighted by Gasteiger charge is -2.36. The maximum atomic E-state index is 9.29. The highest BCUT2D eigenvalue weighted by Crippen LogP contribution is 2.32. The molecular weight excluding hydrogens is 316 g/mol. The predicted octanol–water partition coefficient (Wildman–Crippen LogP) is 2.61. The average Bonchev–Trinajstić information content (AvgIpc) is 2.68. The summed E-state index contributed by atoms with van der Waals surface area (Å²) in [5.41, 5.74) is 2.12. The number of rotatable bonds is 3. The molecule has 4 rings (SSSR count). The van der Waals surface area contributed by atoms with Crippen LogP contribution in [0.5, 0.6) is 11.5 Å². The fraction of sp³-hybridized carbons (Fsp3) is 0.300. The van der Waals surface area contributed by atoms with Crippen molar-refractivity contribution in [1.29, 1.82) is 0 Å². The smallest absolute Gasteiger partial charge is 0.169 e. The van der Waals surface area contributed by atoms with Gasteiger partial charge in [0.25, 0.3) is 0 Å². The number of aliphatic hydroxyl groups is 1. The van der Waals surface area contributed by atoms with Gasteiger partial charge in [0.15, 0.2) is 17.3 Å². The van der Waals surface area contributed by atoms with Crippen molar-refractivity contribution in [3.8, 4) is 11.5 Å². The first-order chi connectivity index (χ1) is 12.3. The Morgan fingerprint density at radius 2 is 1.76 bits per heavy atom. The summed E-state index contributed by atoms with van der Waals surface area (Å²) in [6.45, 7) is 4.29. The SMILES string of the molecule is OCc1cccc(N2CCN(/C=C3/COc4ccccc4O3)CC2)c1. The van der Waals surface area contributed by atoms with E-state index in [0.717, 1.165) is 49.0 Å². The monoisotopic (exact) mass is 338 g/mol. The molecule has 0 unspecified atom stereocenters. The Hall–Kier alpha value is -2.66. The summed E-state index contributed by atoms with van der Waals surface area (Å²) in [4.78, 5) is 4.63. The molecule has 0 spiro atoms. The Balaban J connectivity index is 1.38. The van der Waals surface area contributed by atoms with Crippen LogP contribution in [0.1, 0.15) is 5.56 Å². The molecular formula is C20H22N2O3. The number of ether oxygens (including phenoxy) is 2. The molecule has 5 heteroatoms. The molecule has 130 valence electrons. The van der Waals surface area contributed by atoms with Crippen LogP contribution in [0.15, 0.2) is 60.5 Å². The van der Waals surface area contributed by atoms with Crippen molar-refractivity contribution in [3.63, 3.8) is 0 Å². The molecule has 2 heterocycles. The standard InChI is InChI=1S/C20H22N2O3/c23-14-16-4-3-5-17(12-16)22-10-8-21(9-11-22)13-18-15-24-19-6-1-2-7-20(19)25-18/h1-7,12-13,23H,8-11,14-15H2/b18-13-. The maximum Gasteiger partial charge on any atom is 0.169 e. The van der Waals surface area contributed by atoms with Gasteiger partial charge < -0.3 is 24.4 Å². The van der Waals surface area contributed by atoms with Gasteiger partial charge in [0.05, 0.1) is 6.61 Å². The molecule has 0 atom stereocenters. The fourth-order valence-corrected chi connectivity index (χ4v) is 3.20. The van der Waals surface area contributed by atoms with Crippen molar-refractivity contribution < 1.29 is 14.6 Å². The first-order valence-electron chi connectivity index (χ1n) is 8.61. The molecule has 2 aliphatic rings. The van der Waals surface area contributed by atoms with E-state index >= 15 is 0 Å². The molecule has 0 aliphatic carbocycles. The second kappa shape index (κ2) is 7.07. The first kappa shape index (κ1) is 15.8. The van der Waals surface area contributed by atoms with Crippen LogP contribution >= 0.6 is 0 Å². The van der Waals surface area contributed by atoms with Gasteiger partial charge in [-0.25, -0.2) is 0 Å². The lowest BCUT2D eigenvalue weighted by molar-refractivity contribution is 0.220. The van der Waals surface area contributed by atoms with E-state index in [4.69, 9.17) is 9.47 Å². The molecule has 25 heavy (non-hydrogen) atoms. The zero-order chi connectivity index (χ0) is 17.1. The normalized spacial score (nSPS) is 18.5. The third kappa shape index (κ3) is 3.56. The molecule has 1 saturated heterocycles. The maximum absolute atomic E-state index is 9.29. The van der Waals surface area contributed by atoms with Gasteiger partial charge in [0, 0.05) is 38.1 Å². The van der Waals surface area contributed by atoms with E-state index in [1.54, 1.807) is 0 Å². The summed E-state index contributed by atoms with van der Waals surface area (Å²) in [7, 11) is 0. The van der Waals surface area contributed by atoms with Gasteiger partial charge in [0.1, 0.15) is 6.61 Å². The lowest BCUT2D eigenvalue weighted by Crippen LogP contribution is -2.44. The van der Waals surface area contributed by atoms with Gasteiger partial charge in [-0.2, -0.15) is 0 Å². The molecule has 0 amide bonds. The highest BCUT2D eigenvalue weighted by Gasteiger charge is 2.19. The lowest BCUT2D eigenvalue weighted by atomic mass is 10.2. The first-order valence-corrected chi connectivity index (χ1v) is 8.61. The molecule has 0 aromatic heterocycles. The van der Waals surface area contributed by atoms with Gasteiger partial charge in [-0.05, 0) is 29.8 Å². The highest BCUT2D eigenvalue weighted by molar-refractivity contribution is 5.49. The highest BCUT2D eigenvalue weighted by atomic mass is 16.6. The second-order valence-electron chi connectivity index (χ2n) is 6.28. The van der Waals surface area contributed by atoms with Crippen molar-refractivity contribution in [2.75, 3.05) is 37.7 Å². The minimum atomic E-state index is 0.0821. The van der Waals surface area contributed by atoms with Crippen molar-refractivity contribution in [2.45, 2.75) is 6.61 Å². The average molecular weight is 338 g/mol. The van der Waals surface area contributed by atoms with E-state index in [2.05, 4.69) is 28.1 Å². The number of benzene rings is 2. The van der Waals surface area contributed by atoms with E-state index in [0.29, 0.717) is 6.61 Å². The van der Waals surface area contributed by atoms with Gasteiger partial charge in [0.2, 0.25) is 0 Å². The Morgan fingerprint density at radius 1 is 0.960 bits per heavy atom. The van der Waals surface area contributed by atoms with E-state index in [9.17, 15) is 5.11 Å².